The molecule has 1 aliphatic heterocycles. The molecule has 2 N–H and O–H groups in total. The van der Waals surface area contributed by atoms with E-state index in [0.29, 0.717) is 24.1 Å². The van der Waals surface area contributed by atoms with Crippen LogP contribution in [-0.2, 0) is 9.53 Å². The molecule has 0 radical (unpaired) electrons. The number of benzene rings is 1. The summed E-state index contributed by atoms with van der Waals surface area (Å²) in [5.74, 6) is 1.49. The predicted molar refractivity (Wildman–Crippen MR) is 107 cm³/mol. The minimum atomic E-state index is -0.524. The Labute approximate surface area is 170 Å². The molecule has 1 saturated heterocycles. The van der Waals surface area contributed by atoms with Gasteiger partial charge in [-0.05, 0) is 45.0 Å². The summed E-state index contributed by atoms with van der Waals surface area (Å²) in [4.78, 5) is 17.4. The number of amides is 1. The largest absolute Gasteiger partial charge is 0.497 e. The standard InChI is InChI=1S/C19H26N4O4.ClH/c1-13(21-18(24)19(12-25-2)7-9-20-10-8-19)17-22-16(23-27-17)14-5-4-6-15(11-14)26-3;/h4-6,11,13,20H,7-10,12H2,1-3H3,(H,21,24);1H. The van der Waals surface area contributed by atoms with Gasteiger partial charge in [0, 0.05) is 12.7 Å². The lowest BCUT2D eigenvalue weighted by molar-refractivity contribution is -0.137. The first kappa shape index (κ1) is 22.1. The molecule has 3 rings (SSSR count). The lowest BCUT2D eigenvalue weighted by atomic mass is 9.78. The van der Waals surface area contributed by atoms with Crippen molar-refractivity contribution in [1.29, 1.82) is 0 Å². The third-order valence-corrected chi connectivity index (χ3v) is 4.95. The Morgan fingerprint density at radius 2 is 2.11 bits per heavy atom. The lowest BCUT2D eigenvalue weighted by Crippen LogP contribution is -2.50. The highest BCUT2D eigenvalue weighted by Crippen LogP contribution is 2.30. The van der Waals surface area contributed by atoms with Crippen molar-refractivity contribution in [3.05, 3.63) is 30.2 Å². The van der Waals surface area contributed by atoms with Crippen LogP contribution in [-0.4, -0.2) is 50.0 Å². The fourth-order valence-corrected chi connectivity index (χ4v) is 3.32. The molecule has 0 bridgehead atoms. The molecule has 1 aromatic carbocycles. The van der Waals surface area contributed by atoms with Gasteiger partial charge < -0.3 is 24.6 Å². The number of nitrogens with zero attached hydrogens (tertiary/aromatic N) is 2. The molecule has 0 aliphatic carbocycles. The van der Waals surface area contributed by atoms with Crippen LogP contribution in [0, 0.1) is 5.41 Å². The fourth-order valence-electron chi connectivity index (χ4n) is 3.32. The summed E-state index contributed by atoms with van der Waals surface area (Å²) in [6.45, 7) is 3.83. The smallest absolute Gasteiger partial charge is 0.249 e. The maximum absolute atomic E-state index is 12.9. The Balaban J connectivity index is 0.00000280. The summed E-state index contributed by atoms with van der Waals surface area (Å²) in [5, 5.41) is 10.3. The molecular weight excluding hydrogens is 384 g/mol. The zero-order valence-electron chi connectivity index (χ0n) is 16.4. The summed E-state index contributed by atoms with van der Waals surface area (Å²) in [6.07, 6.45) is 1.47. The number of aromatic nitrogens is 2. The lowest BCUT2D eigenvalue weighted by Gasteiger charge is -2.36. The Morgan fingerprint density at radius 1 is 1.36 bits per heavy atom. The van der Waals surface area contributed by atoms with Crippen molar-refractivity contribution >= 4 is 18.3 Å². The second-order valence-corrected chi connectivity index (χ2v) is 6.85. The minimum Gasteiger partial charge on any atom is -0.497 e. The Hall–Kier alpha value is -2.16. The maximum atomic E-state index is 12.9. The van der Waals surface area contributed by atoms with E-state index >= 15 is 0 Å². The van der Waals surface area contributed by atoms with E-state index in [2.05, 4.69) is 20.8 Å². The molecule has 154 valence electrons. The van der Waals surface area contributed by atoms with Crippen molar-refractivity contribution in [3.8, 4) is 17.1 Å². The van der Waals surface area contributed by atoms with Crippen LogP contribution in [0.3, 0.4) is 0 Å². The molecule has 1 aromatic heterocycles. The fraction of sp³-hybridized carbons (Fsp3) is 0.526. The van der Waals surface area contributed by atoms with Crippen molar-refractivity contribution < 1.29 is 18.8 Å². The van der Waals surface area contributed by atoms with E-state index in [-0.39, 0.29) is 18.3 Å². The zero-order valence-corrected chi connectivity index (χ0v) is 17.2. The summed E-state index contributed by atoms with van der Waals surface area (Å²) >= 11 is 0. The van der Waals surface area contributed by atoms with Crippen molar-refractivity contribution in [2.24, 2.45) is 5.41 Å². The molecular formula is C19H27ClN4O4. The predicted octanol–water partition coefficient (Wildman–Crippen LogP) is 2.36. The molecule has 1 amide bonds. The average molecular weight is 411 g/mol. The quantitative estimate of drug-likeness (QED) is 0.722. The number of ether oxygens (including phenoxy) is 2. The van der Waals surface area contributed by atoms with Crippen LogP contribution in [0.4, 0.5) is 0 Å². The van der Waals surface area contributed by atoms with Crippen LogP contribution < -0.4 is 15.4 Å². The van der Waals surface area contributed by atoms with Gasteiger partial charge in [-0.2, -0.15) is 4.98 Å². The maximum Gasteiger partial charge on any atom is 0.249 e. The number of rotatable bonds is 7. The highest BCUT2D eigenvalue weighted by molar-refractivity contribution is 5.85. The Bertz CT molecular complexity index is 771. The SMILES string of the molecule is COCC1(C(=O)NC(C)c2nc(-c3cccc(OC)c3)no2)CCNCC1.Cl. The summed E-state index contributed by atoms with van der Waals surface area (Å²) in [5.41, 5.74) is 0.265. The molecule has 1 unspecified atom stereocenters. The van der Waals surface area contributed by atoms with Gasteiger partial charge in [-0.15, -0.1) is 12.4 Å². The van der Waals surface area contributed by atoms with Gasteiger partial charge in [0.1, 0.15) is 11.8 Å². The molecule has 0 spiro atoms. The highest BCUT2D eigenvalue weighted by Gasteiger charge is 2.40. The van der Waals surface area contributed by atoms with E-state index < -0.39 is 11.5 Å². The van der Waals surface area contributed by atoms with Crippen molar-refractivity contribution in [1.82, 2.24) is 20.8 Å². The molecule has 1 atom stereocenters. The zero-order chi connectivity index (χ0) is 19.3. The summed E-state index contributed by atoms with van der Waals surface area (Å²) < 4.78 is 15.9. The van der Waals surface area contributed by atoms with Gasteiger partial charge in [-0.25, -0.2) is 0 Å². The number of methoxy groups -OCH3 is 2. The third-order valence-electron chi connectivity index (χ3n) is 4.95. The number of piperidine rings is 1. The van der Waals surface area contributed by atoms with E-state index in [1.807, 2.05) is 31.2 Å². The number of halogens is 1. The molecule has 0 saturated carbocycles. The first-order valence-electron chi connectivity index (χ1n) is 9.06. The number of hydrogen-bond donors (Lipinski definition) is 2. The summed E-state index contributed by atoms with van der Waals surface area (Å²) in [7, 11) is 3.23. The molecule has 28 heavy (non-hydrogen) atoms. The van der Waals surface area contributed by atoms with Crippen LogP contribution in [0.5, 0.6) is 5.75 Å². The van der Waals surface area contributed by atoms with E-state index in [0.717, 1.165) is 31.5 Å². The second-order valence-electron chi connectivity index (χ2n) is 6.85. The van der Waals surface area contributed by atoms with Gasteiger partial charge in [-0.1, -0.05) is 17.3 Å². The van der Waals surface area contributed by atoms with E-state index in [1.165, 1.54) is 0 Å². The van der Waals surface area contributed by atoms with Crippen LogP contribution in [0.15, 0.2) is 28.8 Å². The van der Waals surface area contributed by atoms with E-state index in [4.69, 9.17) is 14.0 Å². The van der Waals surface area contributed by atoms with Gasteiger partial charge in [0.05, 0.1) is 19.1 Å². The molecule has 1 fully saturated rings. The minimum absolute atomic E-state index is 0. The normalized spacial score (nSPS) is 16.7. The van der Waals surface area contributed by atoms with Gasteiger partial charge >= 0.3 is 0 Å². The first-order chi connectivity index (χ1) is 13.1. The molecule has 2 heterocycles. The van der Waals surface area contributed by atoms with Crippen molar-refractivity contribution in [2.45, 2.75) is 25.8 Å². The number of carbonyl (C=O) groups excluding carboxylic acids is 1. The third kappa shape index (κ3) is 4.81. The summed E-state index contributed by atoms with van der Waals surface area (Å²) in [6, 6.07) is 7.03. The van der Waals surface area contributed by atoms with Crippen LogP contribution in [0.25, 0.3) is 11.4 Å². The van der Waals surface area contributed by atoms with Crippen LogP contribution in [0.2, 0.25) is 0 Å². The van der Waals surface area contributed by atoms with Crippen LogP contribution in [0.1, 0.15) is 31.7 Å². The van der Waals surface area contributed by atoms with Gasteiger partial charge in [-0.3, -0.25) is 4.79 Å². The van der Waals surface area contributed by atoms with Crippen LogP contribution >= 0.6 is 12.4 Å². The van der Waals surface area contributed by atoms with Gasteiger partial charge in [0.25, 0.3) is 0 Å². The number of carbonyl (C=O) groups is 1. The monoisotopic (exact) mass is 410 g/mol. The molecule has 8 nitrogen and oxygen atoms in total. The van der Waals surface area contributed by atoms with Gasteiger partial charge in [0.2, 0.25) is 17.6 Å². The Kier molecular flexibility index (Phi) is 7.79. The Morgan fingerprint density at radius 3 is 2.79 bits per heavy atom. The molecule has 1 aliphatic rings. The molecule has 2 aromatic rings. The second kappa shape index (κ2) is 9.86. The number of nitrogens with one attached hydrogen (secondary N) is 2. The molecule has 9 heteroatoms. The average Bonchev–Trinajstić information content (AvgIpc) is 3.19. The van der Waals surface area contributed by atoms with Gasteiger partial charge in [0.15, 0.2) is 0 Å². The number of hydrogen-bond acceptors (Lipinski definition) is 7. The van der Waals surface area contributed by atoms with E-state index in [1.54, 1.807) is 14.2 Å². The topological polar surface area (TPSA) is 98.5 Å². The first-order valence-corrected chi connectivity index (χ1v) is 9.06. The van der Waals surface area contributed by atoms with E-state index in [9.17, 15) is 4.79 Å². The van der Waals surface area contributed by atoms with Crippen molar-refractivity contribution in [2.75, 3.05) is 33.9 Å². The van der Waals surface area contributed by atoms with Crippen molar-refractivity contribution in [3.63, 3.8) is 0 Å². The highest BCUT2D eigenvalue weighted by atomic mass is 35.5.